The Morgan fingerprint density at radius 1 is 1.36 bits per heavy atom. The van der Waals surface area contributed by atoms with Crippen LogP contribution in [0.3, 0.4) is 0 Å². The quantitative estimate of drug-likeness (QED) is 0.849. The van der Waals surface area contributed by atoms with Gasteiger partial charge < -0.3 is 15.5 Å². The zero-order valence-corrected chi connectivity index (χ0v) is 15.7. The first kappa shape index (κ1) is 18.4. The van der Waals surface area contributed by atoms with E-state index in [2.05, 4.69) is 31.6 Å². The fourth-order valence-electron chi connectivity index (χ4n) is 3.76. The van der Waals surface area contributed by atoms with E-state index >= 15 is 0 Å². The van der Waals surface area contributed by atoms with E-state index in [0.29, 0.717) is 5.92 Å². The number of fused-ring (bicyclic) bond motifs is 1. The zero-order valence-electron chi connectivity index (χ0n) is 14.1. The van der Waals surface area contributed by atoms with Gasteiger partial charge in [0, 0.05) is 13.1 Å². The molecule has 6 nitrogen and oxygen atoms in total. The summed E-state index contributed by atoms with van der Waals surface area (Å²) in [6, 6.07) is 1.94. The molecule has 0 saturated carbocycles. The van der Waals surface area contributed by atoms with Crippen molar-refractivity contribution in [1.29, 1.82) is 0 Å². The molecule has 2 aliphatic rings. The molecule has 1 amide bonds. The van der Waals surface area contributed by atoms with E-state index in [9.17, 15) is 4.79 Å². The number of piperidine rings is 1. The highest BCUT2D eigenvalue weighted by molar-refractivity contribution is 7.16. The topological polar surface area (TPSA) is 70.2 Å². The van der Waals surface area contributed by atoms with Crippen molar-refractivity contribution < 1.29 is 4.79 Å². The molecule has 2 atom stereocenters. The molecule has 25 heavy (non-hydrogen) atoms. The smallest absolute Gasteiger partial charge is 0.242 e. The maximum absolute atomic E-state index is 12.7. The number of carbonyl (C=O) groups is 1. The van der Waals surface area contributed by atoms with Crippen LogP contribution in [0.5, 0.6) is 0 Å². The predicted octanol–water partition coefficient (Wildman–Crippen LogP) is 2.20. The standard InChI is InChI=1S/C17H23N5OS.ClH/c23-16(19-10-12-3-1-6-18-9-12)14-4-2-7-22(14)15-13-5-8-24-17(13)21-11-20-15;/h5,8,11-12,14,18H,1-4,6-7,9-10H2,(H,19,23);1H. The Kier molecular flexibility index (Phi) is 6.09. The SMILES string of the molecule is Cl.O=C(NCC1CCCNC1)C1CCCN1c1ncnc2sccc12. The second-order valence-electron chi connectivity index (χ2n) is 6.65. The van der Waals surface area contributed by atoms with Gasteiger partial charge >= 0.3 is 0 Å². The number of nitrogens with zero attached hydrogens (tertiary/aromatic N) is 3. The Balaban J connectivity index is 0.00000182. The van der Waals surface area contributed by atoms with Crippen molar-refractivity contribution in [2.24, 2.45) is 5.92 Å². The highest BCUT2D eigenvalue weighted by Gasteiger charge is 2.33. The third-order valence-corrected chi connectivity index (χ3v) is 5.85. The number of carbonyl (C=O) groups excluding carboxylic acids is 1. The number of aromatic nitrogens is 2. The van der Waals surface area contributed by atoms with Gasteiger partial charge in [-0.2, -0.15) is 0 Å². The summed E-state index contributed by atoms with van der Waals surface area (Å²) in [5.74, 6) is 1.60. The minimum absolute atomic E-state index is 0. The number of hydrogen-bond acceptors (Lipinski definition) is 6. The maximum Gasteiger partial charge on any atom is 0.242 e. The van der Waals surface area contributed by atoms with E-state index in [1.54, 1.807) is 17.7 Å². The van der Waals surface area contributed by atoms with Crippen molar-refractivity contribution in [2.75, 3.05) is 31.1 Å². The number of rotatable bonds is 4. The molecule has 2 fully saturated rings. The average molecular weight is 382 g/mol. The van der Waals surface area contributed by atoms with Gasteiger partial charge in [-0.25, -0.2) is 9.97 Å². The van der Waals surface area contributed by atoms with E-state index in [-0.39, 0.29) is 24.4 Å². The van der Waals surface area contributed by atoms with Gasteiger partial charge in [0.05, 0.1) is 5.39 Å². The summed E-state index contributed by atoms with van der Waals surface area (Å²) in [7, 11) is 0. The molecule has 4 heterocycles. The van der Waals surface area contributed by atoms with Crippen LogP contribution in [0, 0.1) is 5.92 Å². The Labute approximate surface area is 157 Å². The first-order chi connectivity index (χ1) is 11.8. The Bertz CT molecular complexity index is 718. The third kappa shape index (κ3) is 3.88. The first-order valence-corrected chi connectivity index (χ1v) is 9.64. The van der Waals surface area contributed by atoms with Crippen LogP contribution in [-0.4, -0.2) is 48.1 Å². The van der Waals surface area contributed by atoms with Gasteiger partial charge in [-0.3, -0.25) is 4.79 Å². The lowest BCUT2D eigenvalue weighted by Crippen LogP contribution is -2.46. The van der Waals surface area contributed by atoms with Crippen molar-refractivity contribution >= 4 is 45.7 Å². The Morgan fingerprint density at radius 2 is 2.28 bits per heavy atom. The number of nitrogens with one attached hydrogen (secondary N) is 2. The van der Waals surface area contributed by atoms with Gasteiger partial charge in [-0.1, -0.05) is 0 Å². The second kappa shape index (κ2) is 8.29. The molecule has 0 bridgehead atoms. The van der Waals surface area contributed by atoms with Gasteiger partial charge in [0.2, 0.25) is 5.91 Å². The molecule has 0 spiro atoms. The number of hydrogen-bond donors (Lipinski definition) is 2. The number of thiophene rings is 1. The monoisotopic (exact) mass is 381 g/mol. The number of amides is 1. The van der Waals surface area contributed by atoms with E-state index in [1.165, 1.54) is 12.8 Å². The lowest BCUT2D eigenvalue weighted by molar-refractivity contribution is -0.122. The van der Waals surface area contributed by atoms with Crippen LogP contribution in [0.2, 0.25) is 0 Å². The van der Waals surface area contributed by atoms with Crippen LogP contribution < -0.4 is 15.5 Å². The molecule has 2 aromatic rings. The molecule has 4 rings (SSSR count). The lowest BCUT2D eigenvalue weighted by atomic mass is 9.99. The van der Waals surface area contributed by atoms with E-state index in [1.807, 2.05) is 5.38 Å². The van der Waals surface area contributed by atoms with Gasteiger partial charge in [0.15, 0.2) is 0 Å². The van der Waals surface area contributed by atoms with Gasteiger partial charge in [-0.15, -0.1) is 23.7 Å². The van der Waals surface area contributed by atoms with E-state index in [0.717, 1.165) is 55.1 Å². The summed E-state index contributed by atoms with van der Waals surface area (Å²) in [6.07, 6.45) is 5.93. The molecule has 2 saturated heterocycles. The van der Waals surface area contributed by atoms with E-state index < -0.39 is 0 Å². The van der Waals surface area contributed by atoms with Gasteiger partial charge in [0.1, 0.15) is 23.0 Å². The summed E-state index contributed by atoms with van der Waals surface area (Å²) in [5.41, 5.74) is 0. The van der Waals surface area contributed by atoms with Crippen molar-refractivity contribution in [1.82, 2.24) is 20.6 Å². The average Bonchev–Trinajstić information content (AvgIpc) is 3.29. The minimum Gasteiger partial charge on any atom is -0.354 e. The summed E-state index contributed by atoms with van der Waals surface area (Å²) in [5, 5.41) is 9.66. The maximum atomic E-state index is 12.7. The number of anilines is 1. The van der Waals surface area contributed by atoms with Crippen LogP contribution in [-0.2, 0) is 4.79 Å². The van der Waals surface area contributed by atoms with Crippen molar-refractivity contribution in [3.63, 3.8) is 0 Å². The van der Waals surface area contributed by atoms with Crippen molar-refractivity contribution in [3.8, 4) is 0 Å². The van der Waals surface area contributed by atoms with Crippen LogP contribution in [0.25, 0.3) is 10.2 Å². The normalized spacial score (nSPS) is 23.4. The summed E-state index contributed by atoms with van der Waals surface area (Å²) < 4.78 is 0. The molecule has 0 aliphatic carbocycles. The highest BCUT2D eigenvalue weighted by Crippen LogP contribution is 2.31. The minimum atomic E-state index is -0.112. The van der Waals surface area contributed by atoms with Crippen LogP contribution in [0.15, 0.2) is 17.8 Å². The Hall–Kier alpha value is -1.44. The first-order valence-electron chi connectivity index (χ1n) is 8.76. The van der Waals surface area contributed by atoms with Crippen molar-refractivity contribution in [2.45, 2.75) is 31.7 Å². The Morgan fingerprint density at radius 3 is 3.12 bits per heavy atom. The molecule has 2 aromatic heterocycles. The zero-order chi connectivity index (χ0) is 16.4. The highest BCUT2D eigenvalue weighted by atomic mass is 35.5. The lowest BCUT2D eigenvalue weighted by Gasteiger charge is -2.27. The van der Waals surface area contributed by atoms with Gasteiger partial charge in [-0.05, 0) is 56.1 Å². The van der Waals surface area contributed by atoms with Crippen LogP contribution in [0.1, 0.15) is 25.7 Å². The van der Waals surface area contributed by atoms with Crippen LogP contribution in [0.4, 0.5) is 5.82 Å². The molecular weight excluding hydrogens is 358 g/mol. The fourth-order valence-corrected chi connectivity index (χ4v) is 4.49. The van der Waals surface area contributed by atoms with Gasteiger partial charge in [0.25, 0.3) is 0 Å². The number of halogens is 1. The predicted molar refractivity (Wildman–Crippen MR) is 104 cm³/mol. The largest absolute Gasteiger partial charge is 0.354 e. The molecule has 2 unspecified atom stereocenters. The molecule has 0 aromatic carbocycles. The summed E-state index contributed by atoms with van der Waals surface area (Å²) in [4.78, 5) is 24.7. The van der Waals surface area contributed by atoms with Crippen LogP contribution >= 0.6 is 23.7 Å². The molecule has 2 N–H and O–H groups in total. The molecular formula is C17H24ClN5OS. The fraction of sp³-hybridized carbons (Fsp3) is 0.588. The molecule has 8 heteroatoms. The second-order valence-corrected chi connectivity index (χ2v) is 7.54. The molecule has 136 valence electrons. The molecule has 0 radical (unpaired) electrons. The van der Waals surface area contributed by atoms with E-state index in [4.69, 9.17) is 0 Å². The summed E-state index contributed by atoms with van der Waals surface area (Å²) >= 11 is 1.61. The third-order valence-electron chi connectivity index (χ3n) is 5.03. The molecule has 2 aliphatic heterocycles. The van der Waals surface area contributed by atoms with Crippen molar-refractivity contribution in [3.05, 3.63) is 17.8 Å². The summed E-state index contributed by atoms with van der Waals surface area (Å²) in [6.45, 7) is 3.76.